The van der Waals surface area contributed by atoms with E-state index in [2.05, 4.69) is 28.6 Å². The highest BCUT2D eigenvalue weighted by Crippen LogP contribution is 2.12. The average Bonchev–Trinajstić information content (AvgIpc) is 2.83. The van der Waals surface area contributed by atoms with E-state index in [0.717, 1.165) is 24.9 Å². The van der Waals surface area contributed by atoms with E-state index in [-0.39, 0.29) is 0 Å². The Morgan fingerprint density at radius 1 is 1.43 bits per heavy atom. The van der Waals surface area contributed by atoms with E-state index in [4.69, 9.17) is 4.74 Å². The molecule has 0 saturated carbocycles. The van der Waals surface area contributed by atoms with Crippen LogP contribution >= 0.6 is 0 Å². The predicted octanol–water partition coefficient (Wildman–Crippen LogP) is 3.18. The maximum absolute atomic E-state index is 11.6. The highest BCUT2D eigenvalue weighted by atomic mass is 16.6. The first-order chi connectivity index (χ1) is 9.92. The number of ether oxygens (including phenoxy) is 1. The van der Waals surface area contributed by atoms with Gasteiger partial charge in [-0.2, -0.15) is 5.10 Å². The van der Waals surface area contributed by atoms with Gasteiger partial charge < -0.3 is 10.1 Å². The molecule has 114 valence electrons. The standard InChI is InChI=1S/C16H23N3O2/c1-16(2,3)21-15(20)17-9-14-10-18-19(12-14)11-13-7-5-4-6-8-13/h5,7-8,10,12H,4,6,9,11H2,1-3H3,(H,17,20). The second-order valence-electron chi connectivity index (χ2n) is 6.16. The second-order valence-corrected chi connectivity index (χ2v) is 6.16. The third-order valence-corrected chi connectivity index (χ3v) is 2.94. The van der Waals surface area contributed by atoms with E-state index < -0.39 is 11.7 Å². The minimum atomic E-state index is -0.478. The van der Waals surface area contributed by atoms with Crippen molar-refractivity contribution in [3.8, 4) is 0 Å². The van der Waals surface area contributed by atoms with Gasteiger partial charge in [0.15, 0.2) is 0 Å². The van der Waals surface area contributed by atoms with Crippen LogP contribution in [0.15, 0.2) is 36.2 Å². The lowest BCUT2D eigenvalue weighted by Gasteiger charge is -2.19. The van der Waals surface area contributed by atoms with Crippen molar-refractivity contribution < 1.29 is 9.53 Å². The Labute approximate surface area is 125 Å². The molecular formula is C16H23N3O2. The number of rotatable bonds is 4. The number of allylic oxidation sites excluding steroid dienone is 4. The number of nitrogens with one attached hydrogen (secondary N) is 1. The van der Waals surface area contributed by atoms with Gasteiger partial charge in [0.2, 0.25) is 0 Å². The Hall–Kier alpha value is -2.04. The van der Waals surface area contributed by atoms with Crippen LogP contribution in [0.2, 0.25) is 0 Å². The number of hydrogen-bond donors (Lipinski definition) is 1. The molecular weight excluding hydrogens is 266 g/mol. The van der Waals surface area contributed by atoms with E-state index in [1.54, 1.807) is 6.20 Å². The number of hydrogen-bond acceptors (Lipinski definition) is 3. The number of alkyl carbamates (subject to hydrolysis) is 1. The number of carbonyl (C=O) groups is 1. The Kier molecular flexibility index (Phi) is 4.83. The van der Waals surface area contributed by atoms with Crippen LogP contribution in [0.25, 0.3) is 0 Å². The maximum atomic E-state index is 11.6. The van der Waals surface area contributed by atoms with E-state index >= 15 is 0 Å². The zero-order valence-corrected chi connectivity index (χ0v) is 12.9. The fourth-order valence-corrected chi connectivity index (χ4v) is 2.04. The molecule has 1 N–H and O–H groups in total. The Morgan fingerprint density at radius 3 is 2.90 bits per heavy atom. The largest absolute Gasteiger partial charge is 0.444 e. The zero-order chi connectivity index (χ0) is 15.3. The Bertz CT molecular complexity index is 550. The smallest absolute Gasteiger partial charge is 0.407 e. The lowest BCUT2D eigenvalue weighted by Crippen LogP contribution is -2.32. The highest BCUT2D eigenvalue weighted by Gasteiger charge is 2.15. The van der Waals surface area contributed by atoms with Gasteiger partial charge in [0.05, 0.1) is 12.7 Å². The molecule has 5 heteroatoms. The summed E-state index contributed by atoms with van der Waals surface area (Å²) in [5, 5.41) is 7.04. The minimum Gasteiger partial charge on any atom is -0.444 e. The van der Waals surface area contributed by atoms with Crippen molar-refractivity contribution >= 4 is 6.09 Å². The summed E-state index contributed by atoms with van der Waals surface area (Å²) in [6, 6.07) is 0. The molecule has 0 unspecified atom stereocenters. The lowest BCUT2D eigenvalue weighted by atomic mass is 10.1. The number of carbonyl (C=O) groups excluding carboxylic acids is 1. The summed E-state index contributed by atoms with van der Waals surface area (Å²) < 4.78 is 7.07. The van der Waals surface area contributed by atoms with Crippen LogP contribution in [0.3, 0.4) is 0 Å². The quantitative estimate of drug-likeness (QED) is 0.926. The molecule has 1 aromatic heterocycles. The van der Waals surface area contributed by atoms with Gasteiger partial charge in [0.1, 0.15) is 5.60 Å². The average molecular weight is 289 g/mol. The van der Waals surface area contributed by atoms with Gasteiger partial charge in [-0.15, -0.1) is 0 Å². The topological polar surface area (TPSA) is 56.1 Å². The molecule has 0 bridgehead atoms. The van der Waals surface area contributed by atoms with Gasteiger partial charge >= 0.3 is 6.09 Å². The van der Waals surface area contributed by atoms with Gasteiger partial charge in [-0.3, -0.25) is 4.68 Å². The van der Waals surface area contributed by atoms with Gasteiger partial charge in [-0.25, -0.2) is 4.79 Å². The van der Waals surface area contributed by atoms with Crippen molar-refractivity contribution in [3.63, 3.8) is 0 Å². The molecule has 0 fully saturated rings. The summed E-state index contributed by atoms with van der Waals surface area (Å²) >= 11 is 0. The van der Waals surface area contributed by atoms with Crippen LogP contribution in [-0.2, 0) is 17.8 Å². The van der Waals surface area contributed by atoms with Crippen LogP contribution in [0.5, 0.6) is 0 Å². The van der Waals surface area contributed by atoms with Crippen molar-refractivity contribution in [2.75, 3.05) is 0 Å². The van der Waals surface area contributed by atoms with Crippen LogP contribution < -0.4 is 5.32 Å². The molecule has 1 aromatic rings. The summed E-state index contributed by atoms with van der Waals surface area (Å²) in [7, 11) is 0. The molecule has 5 nitrogen and oxygen atoms in total. The van der Waals surface area contributed by atoms with Crippen LogP contribution in [-0.4, -0.2) is 21.5 Å². The van der Waals surface area contributed by atoms with Crippen molar-refractivity contribution in [1.82, 2.24) is 15.1 Å². The third-order valence-electron chi connectivity index (χ3n) is 2.94. The summed E-state index contributed by atoms with van der Waals surface area (Å²) in [4.78, 5) is 11.6. The molecule has 1 amide bonds. The highest BCUT2D eigenvalue weighted by molar-refractivity contribution is 5.67. The molecule has 0 aromatic carbocycles. The Balaban J connectivity index is 1.82. The Morgan fingerprint density at radius 2 is 2.24 bits per heavy atom. The molecule has 2 rings (SSSR count). The van der Waals surface area contributed by atoms with Crippen LogP contribution in [0.4, 0.5) is 4.79 Å². The molecule has 1 aliphatic rings. The van der Waals surface area contributed by atoms with Gasteiger partial charge in [0.25, 0.3) is 0 Å². The number of amides is 1. The monoisotopic (exact) mass is 289 g/mol. The summed E-state index contributed by atoms with van der Waals surface area (Å²) in [5.41, 5.74) is 1.76. The van der Waals surface area contributed by atoms with Crippen LogP contribution in [0.1, 0.15) is 39.2 Å². The van der Waals surface area contributed by atoms with Crippen LogP contribution in [0, 0.1) is 0 Å². The molecule has 0 radical (unpaired) electrons. The maximum Gasteiger partial charge on any atom is 0.407 e. The van der Waals surface area contributed by atoms with Crippen molar-refractivity contribution in [2.24, 2.45) is 0 Å². The molecule has 0 saturated heterocycles. The fraction of sp³-hybridized carbons (Fsp3) is 0.500. The molecule has 21 heavy (non-hydrogen) atoms. The van der Waals surface area contributed by atoms with Gasteiger partial charge in [0, 0.05) is 18.3 Å². The van der Waals surface area contributed by atoms with E-state index in [0.29, 0.717) is 6.54 Å². The summed E-state index contributed by atoms with van der Waals surface area (Å²) in [6.45, 7) is 6.72. The minimum absolute atomic E-state index is 0.409. The SMILES string of the molecule is CC(C)(C)OC(=O)NCc1cnn(CC2=CCCC=C2)c1. The van der Waals surface area contributed by atoms with E-state index in [1.807, 2.05) is 31.6 Å². The molecule has 0 aliphatic heterocycles. The first-order valence-corrected chi connectivity index (χ1v) is 7.26. The van der Waals surface area contributed by atoms with Crippen molar-refractivity contribution in [1.29, 1.82) is 0 Å². The predicted molar refractivity (Wildman–Crippen MR) is 81.8 cm³/mol. The number of aromatic nitrogens is 2. The van der Waals surface area contributed by atoms with E-state index in [9.17, 15) is 4.79 Å². The summed E-state index contributed by atoms with van der Waals surface area (Å²) in [5.74, 6) is 0. The molecule has 0 spiro atoms. The van der Waals surface area contributed by atoms with Gasteiger partial charge in [-0.1, -0.05) is 18.2 Å². The van der Waals surface area contributed by atoms with Gasteiger partial charge in [-0.05, 0) is 39.2 Å². The first-order valence-electron chi connectivity index (χ1n) is 7.26. The lowest BCUT2D eigenvalue weighted by molar-refractivity contribution is 0.0523. The molecule has 1 heterocycles. The number of nitrogens with zero attached hydrogens (tertiary/aromatic N) is 2. The molecule has 1 aliphatic carbocycles. The second kappa shape index (κ2) is 6.61. The van der Waals surface area contributed by atoms with E-state index in [1.165, 1.54) is 5.57 Å². The fourth-order valence-electron chi connectivity index (χ4n) is 2.04. The zero-order valence-electron chi connectivity index (χ0n) is 12.9. The van der Waals surface area contributed by atoms with Crippen molar-refractivity contribution in [3.05, 3.63) is 41.8 Å². The van der Waals surface area contributed by atoms with Crippen molar-refractivity contribution in [2.45, 2.75) is 52.3 Å². The first kappa shape index (κ1) is 15.4. The molecule has 0 atom stereocenters. The normalized spacial score (nSPS) is 14.7. The third kappa shape index (κ3) is 5.45. The summed E-state index contributed by atoms with van der Waals surface area (Å²) in [6.07, 6.45) is 12.1.